The number of amides is 2. The summed E-state index contributed by atoms with van der Waals surface area (Å²) in [5, 5.41) is 14.5. The molecule has 182 valence electrons. The number of benzene rings is 2. The Morgan fingerprint density at radius 1 is 1.06 bits per heavy atom. The molecule has 1 aliphatic rings. The Labute approximate surface area is 199 Å². The molecule has 3 rings (SSSR count). The van der Waals surface area contributed by atoms with E-state index >= 15 is 0 Å². The van der Waals surface area contributed by atoms with Crippen LogP contribution in [0.1, 0.15) is 50.2 Å². The van der Waals surface area contributed by atoms with Gasteiger partial charge in [0.05, 0.1) is 0 Å². The summed E-state index contributed by atoms with van der Waals surface area (Å²) in [4.78, 5) is 36.6. The number of carbonyl (C=O) groups excluding carboxylic acids is 2. The third kappa shape index (κ3) is 5.56. The lowest BCUT2D eigenvalue weighted by Crippen LogP contribution is -2.57. The molecule has 0 heterocycles. The summed E-state index contributed by atoms with van der Waals surface area (Å²) in [6.45, 7) is 3.81. The molecule has 0 bridgehead atoms. The van der Waals surface area contributed by atoms with E-state index in [1.807, 2.05) is 43.3 Å². The van der Waals surface area contributed by atoms with Crippen molar-refractivity contribution in [2.24, 2.45) is 0 Å². The predicted molar refractivity (Wildman–Crippen MR) is 128 cm³/mol. The average Bonchev–Trinajstić information content (AvgIpc) is 3.14. The Balaban J connectivity index is 1.61. The molecule has 8 nitrogen and oxygen atoms in total. The van der Waals surface area contributed by atoms with Crippen molar-refractivity contribution in [3.63, 3.8) is 0 Å². The van der Waals surface area contributed by atoms with Crippen molar-refractivity contribution in [3.05, 3.63) is 59.7 Å². The molecule has 0 saturated carbocycles. The molecule has 2 aromatic rings. The molecule has 0 radical (unpaired) electrons. The van der Waals surface area contributed by atoms with Gasteiger partial charge in [-0.1, -0.05) is 61.9 Å². The minimum atomic E-state index is -1.19. The lowest BCUT2D eigenvalue weighted by Gasteiger charge is -2.29. The normalized spacial score (nSPS) is 14.9. The van der Waals surface area contributed by atoms with Crippen LogP contribution in [-0.4, -0.2) is 55.0 Å². The van der Waals surface area contributed by atoms with Crippen LogP contribution in [0.4, 0.5) is 4.79 Å². The van der Waals surface area contributed by atoms with Gasteiger partial charge in [-0.05, 0) is 35.6 Å². The summed E-state index contributed by atoms with van der Waals surface area (Å²) in [7, 11) is 1.31. The van der Waals surface area contributed by atoms with E-state index in [-0.39, 0.29) is 25.5 Å². The van der Waals surface area contributed by atoms with Gasteiger partial charge in [0.25, 0.3) is 0 Å². The highest BCUT2D eigenvalue weighted by Crippen LogP contribution is 2.44. The van der Waals surface area contributed by atoms with Crippen molar-refractivity contribution in [3.8, 4) is 11.1 Å². The van der Waals surface area contributed by atoms with E-state index in [1.54, 1.807) is 6.92 Å². The highest BCUT2D eigenvalue weighted by molar-refractivity contribution is 5.89. The van der Waals surface area contributed by atoms with Gasteiger partial charge in [-0.15, -0.1) is 0 Å². The number of alkyl carbamates (subject to hydrolysis) is 1. The van der Waals surface area contributed by atoms with E-state index < -0.39 is 29.6 Å². The van der Waals surface area contributed by atoms with Crippen molar-refractivity contribution in [2.75, 3.05) is 20.3 Å². The number of rotatable bonds is 11. The Kier molecular flexibility index (Phi) is 8.28. The molecule has 0 aliphatic heterocycles. The van der Waals surface area contributed by atoms with Crippen molar-refractivity contribution < 1.29 is 29.0 Å². The quantitative estimate of drug-likeness (QED) is 0.464. The molecule has 0 aromatic heterocycles. The van der Waals surface area contributed by atoms with E-state index in [9.17, 15) is 14.4 Å². The van der Waals surface area contributed by atoms with Crippen LogP contribution in [0.3, 0.4) is 0 Å². The second-order valence-corrected chi connectivity index (χ2v) is 8.64. The van der Waals surface area contributed by atoms with Gasteiger partial charge in [-0.25, -0.2) is 9.59 Å². The Bertz CT molecular complexity index is 994. The zero-order valence-corrected chi connectivity index (χ0v) is 19.8. The maximum absolute atomic E-state index is 12.8. The highest BCUT2D eigenvalue weighted by atomic mass is 16.5. The third-order valence-electron chi connectivity index (χ3n) is 6.22. The van der Waals surface area contributed by atoms with Crippen LogP contribution >= 0.6 is 0 Å². The number of carbonyl (C=O) groups is 3. The molecule has 0 saturated heterocycles. The van der Waals surface area contributed by atoms with Crippen LogP contribution in [-0.2, 0) is 19.1 Å². The maximum Gasteiger partial charge on any atom is 0.408 e. The topological polar surface area (TPSA) is 114 Å². The number of carboxylic acid groups (broad SMARTS) is 1. The molecule has 0 spiro atoms. The summed E-state index contributed by atoms with van der Waals surface area (Å²) in [5.41, 5.74) is 3.30. The minimum Gasteiger partial charge on any atom is -0.479 e. The Morgan fingerprint density at radius 3 is 2.18 bits per heavy atom. The van der Waals surface area contributed by atoms with E-state index in [2.05, 4.69) is 22.8 Å². The molecular formula is C26H32N2O6. The van der Waals surface area contributed by atoms with Gasteiger partial charge in [-0.2, -0.15) is 0 Å². The summed E-state index contributed by atoms with van der Waals surface area (Å²) >= 11 is 0. The molecule has 2 amide bonds. The lowest BCUT2D eigenvalue weighted by atomic mass is 9.95. The number of aliphatic carboxylic acids is 1. The fourth-order valence-electron chi connectivity index (χ4n) is 4.45. The average molecular weight is 469 g/mol. The maximum atomic E-state index is 12.8. The molecular weight excluding hydrogens is 436 g/mol. The van der Waals surface area contributed by atoms with Gasteiger partial charge in [0.1, 0.15) is 12.1 Å². The highest BCUT2D eigenvalue weighted by Gasteiger charge is 2.35. The van der Waals surface area contributed by atoms with Gasteiger partial charge in [0.2, 0.25) is 5.91 Å². The summed E-state index contributed by atoms with van der Waals surface area (Å²) < 4.78 is 10.5. The first-order chi connectivity index (χ1) is 16.3. The fraction of sp³-hybridized carbons (Fsp3) is 0.423. The molecule has 3 N–H and O–H groups in total. The number of nitrogens with one attached hydrogen (secondary N) is 2. The standard InChI is InChI=1S/C26H32N2O6/c1-4-14-26(2,24(31)27-15-13-22(33-3)23(29)30)28-25(32)34-16-21-19-11-7-5-9-17(19)18-10-6-8-12-20(18)21/h5-12,21-22H,4,13-16H2,1-3H3,(H,27,31)(H,28,32)(H,29,30). The number of hydrogen-bond acceptors (Lipinski definition) is 5. The van der Waals surface area contributed by atoms with Crippen LogP contribution in [0.5, 0.6) is 0 Å². The Morgan fingerprint density at radius 2 is 1.65 bits per heavy atom. The first-order valence-corrected chi connectivity index (χ1v) is 11.5. The zero-order chi connectivity index (χ0) is 24.7. The molecule has 0 fully saturated rings. The third-order valence-corrected chi connectivity index (χ3v) is 6.22. The van der Waals surface area contributed by atoms with E-state index in [0.29, 0.717) is 12.8 Å². The summed E-state index contributed by atoms with van der Waals surface area (Å²) in [5.74, 6) is -1.57. The molecule has 34 heavy (non-hydrogen) atoms. The van der Waals surface area contributed by atoms with E-state index in [0.717, 1.165) is 22.3 Å². The number of ether oxygens (including phenoxy) is 2. The van der Waals surface area contributed by atoms with Crippen molar-refractivity contribution in [2.45, 2.75) is 50.7 Å². The van der Waals surface area contributed by atoms with Gasteiger partial charge in [0, 0.05) is 26.0 Å². The zero-order valence-electron chi connectivity index (χ0n) is 19.8. The van der Waals surface area contributed by atoms with Gasteiger partial charge in [-0.3, -0.25) is 4.79 Å². The molecule has 1 aliphatic carbocycles. The number of hydrogen-bond donors (Lipinski definition) is 3. The van der Waals surface area contributed by atoms with Crippen LogP contribution in [0.25, 0.3) is 11.1 Å². The SMILES string of the molecule is CCCC(C)(NC(=O)OCC1c2ccccc2-c2ccccc21)C(=O)NCCC(OC)C(=O)O. The smallest absolute Gasteiger partial charge is 0.408 e. The largest absolute Gasteiger partial charge is 0.479 e. The lowest BCUT2D eigenvalue weighted by molar-refractivity contribution is -0.149. The minimum absolute atomic E-state index is 0.0774. The number of carboxylic acids is 1. The van der Waals surface area contributed by atoms with Crippen LogP contribution in [0.2, 0.25) is 0 Å². The van der Waals surface area contributed by atoms with Gasteiger partial charge >= 0.3 is 12.1 Å². The second-order valence-electron chi connectivity index (χ2n) is 8.64. The van der Waals surface area contributed by atoms with Crippen LogP contribution in [0.15, 0.2) is 48.5 Å². The van der Waals surface area contributed by atoms with Gasteiger partial charge < -0.3 is 25.2 Å². The Hall–Kier alpha value is -3.39. The summed E-state index contributed by atoms with van der Waals surface area (Å²) in [6, 6.07) is 16.1. The second kappa shape index (κ2) is 11.2. The van der Waals surface area contributed by atoms with Crippen molar-refractivity contribution in [1.29, 1.82) is 0 Å². The fourth-order valence-corrected chi connectivity index (χ4v) is 4.45. The van der Waals surface area contributed by atoms with Crippen molar-refractivity contribution in [1.82, 2.24) is 10.6 Å². The first-order valence-electron chi connectivity index (χ1n) is 11.5. The molecule has 2 aromatic carbocycles. The first kappa shape index (κ1) is 25.2. The number of fused-ring (bicyclic) bond motifs is 3. The number of methoxy groups -OCH3 is 1. The summed E-state index contributed by atoms with van der Waals surface area (Å²) in [6.07, 6.45) is -0.509. The van der Waals surface area contributed by atoms with E-state index in [4.69, 9.17) is 14.6 Å². The molecule has 8 heteroatoms. The van der Waals surface area contributed by atoms with E-state index in [1.165, 1.54) is 7.11 Å². The van der Waals surface area contributed by atoms with Gasteiger partial charge in [0.15, 0.2) is 6.10 Å². The monoisotopic (exact) mass is 468 g/mol. The van der Waals surface area contributed by atoms with Crippen LogP contribution < -0.4 is 10.6 Å². The van der Waals surface area contributed by atoms with Crippen LogP contribution in [0, 0.1) is 0 Å². The molecule has 2 unspecified atom stereocenters. The molecule has 2 atom stereocenters. The van der Waals surface area contributed by atoms with Crippen molar-refractivity contribution >= 4 is 18.0 Å². The predicted octanol–water partition coefficient (Wildman–Crippen LogP) is 3.69.